The lowest BCUT2D eigenvalue weighted by atomic mass is 10.2. The number of nitrogen functional groups attached to an aromatic ring is 1. The number of carbonyl (C=O) groups is 1. The Labute approximate surface area is 206 Å². The van der Waals surface area contributed by atoms with E-state index in [0.29, 0.717) is 49.9 Å². The lowest BCUT2D eigenvalue weighted by molar-refractivity contribution is 0.00447. The Balaban J connectivity index is 1.46. The molecule has 0 aliphatic carbocycles. The molecule has 190 valence electrons. The molecule has 0 spiro atoms. The van der Waals surface area contributed by atoms with Crippen molar-refractivity contribution in [2.24, 2.45) is 4.99 Å². The van der Waals surface area contributed by atoms with Crippen LogP contribution in [-0.4, -0.2) is 94.6 Å². The molecule has 4 N–H and O–H groups in total. The molecule has 0 radical (unpaired) electrons. The molecule has 4 heterocycles. The molecule has 1 atom stereocenters. The number of ether oxygens (including phenoxy) is 3. The average Bonchev–Trinajstić information content (AvgIpc) is 3.39. The Kier molecular flexibility index (Phi) is 6.93. The summed E-state index contributed by atoms with van der Waals surface area (Å²) in [6.45, 7) is 4.72. The molecule has 1 unspecified atom stereocenters. The van der Waals surface area contributed by atoms with E-state index in [-0.39, 0.29) is 23.7 Å². The summed E-state index contributed by atoms with van der Waals surface area (Å²) in [7, 11) is 1.52. The number of fused-ring (bicyclic) bond motifs is 3. The monoisotopic (exact) mass is 496 g/mol. The van der Waals surface area contributed by atoms with Gasteiger partial charge in [-0.2, -0.15) is 4.99 Å². The first-order valence-corrected chi connectivity index (χ1v) is 11.7. The molecule has 13 heteroatoms. The minimum absolute atomic E-state index is 0.0715. The Bertz CT molecular complexity index is 1320. The fourth-order valence-electron chi connectivity index (χ4n) is 4.27. The van der Waals surface area contributed by atoms with Gasteiger partial charge in [-0.15, -0.1) is 0 Å². The number of benzene rings is 1. The van der Waals surface area contributed by atoms with Crippen LogP contribution in [0.3, 0.4) is 0 Å². The van der Waals surface area contributed by atoms with E-state index in [1.165, 1.54) is 19.5 Å². The van der Waals surface area contributed by atoms with Crippen molar-refractivity contribution < 1.29 is 24.1 Å². The van der Waals surface area contributed by atoms with Crippen molar-refractivity contribution in [2.75, 3.05) is 64.2 Å². The van der Waals surface area contributed by atoms with E-state index >= 15 is 0 Å². The summed E-state index contributed by atoms with van der Waals surface area (Å²) in [5, 5.41) is 14.6. The maximum atomic E-state index is 12.8. The van der Waals surface area contributed by atoms with E-state index in [9.17, 15) is 9.90 Å². The van der Waals surface area contributed by atoms with Gasteiger partial charge in [0, 0.05) is 50.5 Å². The molecule has 3 aromatic rings. The number of methoxy groups -OCH3 is 1. The zero-order valence-corrected chi connectivity index (χ0v) is 19.9. The van der Waals surface area contributed by atoms with Crippen molar-refractivity contribution in [1.82, 2.24) is 24.4 Å². The summed E-state index contributed by atoms with van der Waals surface area (Å²) in [6, 6.07) is 3.66. The highest BCUT2D eigenvalue weighted by molar-refractivity contribution is 5.96. The highest BCUT2D eigenvalue weighted by Gasteiger charge is 2.22. The molecule has 2 aliphatic rings. The van der Waals surface area contributed by atoms with Crippen LogP contribution in [-0.2, 0) is 11.3 Å². The number of aliphatic hydroxyl groups is 1. The molecule has 1 aromatic carbocycles. The van der Waals surface area contributed by atoms with Gasteiger partial charge in [-0.1, -0.05) is 0 Å². The molecule has 0 saturated carbocycles. The number of nitrogens with two attached hydrogens (primary N) is 1. The number of carbonyl (C=O) groups excluding carboxylic acids is 1. The van der Waals surface area contributed by atoms with Crippen molar-refractivity contribution >= 4 is 28.6 Å². The van der Waals surface area contributed by atoms with Crippen LogP contribution < -0.4 is 26.1 Å². The van der Waals surface area contributed by atoms with Crippen LogP contribution in [0.1, 0.15) is 10.4 Å². The largest absolute Gasteiger partial charge is 0.491 e. The third kappa shape index (κ3) is 4.94. The number of β-amino-alcohol motifs (C(OH)–C–C–N with tert-alkyl or cyclic N) is 1. The molecule has 13 nitrogen and oxygen atoms in total. The Morgan fingerprint density at radius 3 is 2.81 bits per heavy atom. The molecule has 5 rings (SSSR count). The number of rotatable bonds is 7. The number of hydrogen-bond acceptors (Lipinski definition) is 11. The number of aliphatic hydroxyl groups excluding tert-OH is 1. The van der Waals surface area contributed by atoms with Crippen molar-refractivity contribution in [3.8, 4) is 11.5 Å². The van der Waals surface area contributed by atoms with Gasteiger partial charge in [0.15, 0.2) is 11.5 Å². The van der Waals surface area contributed by atoms with Crippen LogP contribution >= 0.6 is 0 Å². The van der Waals surface area contributed by atoms with Gasteiger partial charge in [-0.05, 0) is 12.1 Å². The quantitative estimate of drug-likeness (QED) is 0.392. The van der Waals surface area contributed by atoms with Crippen LogP contribution in [0.15, 0.2) is 29.5 Å². The maximum Gasteiger partial charge on any atom is 0.283 e. The fourth-order valence-corrected chi connectivity index (χ4v) is 4.27. The fraction of sp³-hybridized carbons (Fsp3) is 0.435. The normalized spacial score (nSPS) is 17.0. The van der Waals surface area contributed by atoms with Crippen LogP contribution in [0.4, 0.5) is 11.8 Å². The minimum Gasteiger partial charge on any atom is -0.491 e. The van der Waals surface area contributed by atoms with Gasteiger partial charge in [0.05, 0.1) is 25.9 Å². The second-order valence-electron chi connectivity index (χ2n) is 8.46. The van der Waals surface area contributed by atoms with Crippen molar-refractivity contribution in [3.63, 3.8) is 0 Å². The number of nitrogens with one attached hydrogen (secondary N) is 1. The lowest BCUT2D eigenvalue weighted by Crippen LogP contribution is -2.42. The number of aromatic nitrogens is 4. The predicted molar refractivity (Wildman–Crippen MR) is 130 cm³/mol. The van der Waals surface area contributed by atoms with Crippen molar-refractivity contribution in [2.45, 2.75) is 12.6 Å². The van der Waals surface area contributed by atoms with Gasteiger partial charge in [-0.3, -0.25) is 14.3 Å². The second kappa shape index (κ2) is 10.4. The molecular formula is C23H28N8O5. The summed E-state index contributed by atoms with van der Waals surface area (Å²) in [5.74, 6) is 1.13. The lowest BCUT2D eigenvalue weighted by Gasteiger charge is -2.28. The Hall–Kier alpha value is -3.81. The Morgan fingerprint density at radius 2 is 2.06 bits per heavy atom. The first-order valence-electron chi connectivity index (χ1n) is 11.7. The topological polar surface area (TPSA) is 162 Å². The minimum atomic E-state index is -0.681. The molecule has 1 fully saturated rings. The highest BCUT2D eigenvalue weighted by atomic mass is 16.5. The standard InChI is InChI=1S/C23H28N8O5/c1-34-19-17(36-13-15(32)12-30-6-8-35-9-7-30)3-2-16-18(19)28-23(31-5-4-25-20(16)31)29-21(33)14-10-26-22(24)27-11-14/h2-3,10-11,15,25,32H,4-9,12-13H2,1H3,(H2,24,26,27). The Morgan fingerprint density at radius 1 is 1.28 bits per heavy atom. The smallest absolute Gasteiger partial charge is 0.283 e. The van der Waals surface area contributed by atoms with Crippen LogP contribution in [0.25, 0.3) is 10.9 Å². The van der Waals surface area contributed by atoms with Crippen LogP contribution in [0.2, 0.25) is 0 Å². The summed E-state index contributed by atoms with van der Waals surface area (Å²) in [4.78, 5) is 31.5. The molecule has 1 amide bonds. The number of nitrogens with zero attached hydrogens (tertiary/aromatic N) is 6. The van der Waals surface area contributed by atoms with Gasteiger partial charge < -0.3 is 30.4 Å². The van der Waals surface area contributed by atoms with Gasteiger partial charge in [0.1, 0.15) is 24.0 Å². The van der Waals surface area contributed by atoms with E-state index in [4.69, 9.17) is 19.9 Å². The van der Waals surface area contributed by atoms with E-state index in [1.54, 1.807) is 6.07 Å². The van der Waals surface area contributed by atoms with Crippen molar-refractivity contribution in [3.05, 3.63) is 35.7 Å². The number of amides is 1. The molecule has 1 saturated heterocycles. The molecule has 2 aromatic heterocycles. The summed E-state index contributed by atoms with van der Waals surface area (Å²) < 4.78 is 18.8. The average molecular weight is 497 g/mol. The third-order valence-electron chi connectivity index (χ3n) is 6.03. The number of morpholine rings is 1. The maximum absolute atomic E-state index is 12.8. The van der Waals surface area contributed by atoms with Crippen LogP contribution in [0.5, 0.6) is 11.5 Å². The molecule has 0 bridgehead atoms. The molecule has 2 aliphatic heterocycles. The van der Waals surface area contributed by atoms with E-state index < -0.39 is 12.0 Å². The number of anilines is 2. The first kappa shape index (κ1) is 23.9. The first-order chi connectivity index (χ1) is 17.5. The van der Waals surface area contributed by atoms with Crippen molar-refractivity contribution in [1.29, 1.82) is 0 Å². The zero-order chi connectivity index (χ0) is 25.1. The summed E-state index contributed by atoms with van der Waals surface area (Å²) in [6.07, 6.45) is 1.97. The van der Waals surface area contributed by atoms with Gasteiger partial charge >= 0.3 is 0 Å². The van der Waals surface area contributed by atoms with E-state index in [2.05, 4.69) is 30.2 Å². The third-order valence-corrected chi connectivity index (χ3v) is 6.03. The van der Waals surface area contributed by atoms with Crippen LogP contribution in [0, 0.1) is 0 Å². The van der Waals surface area contributed by atoms with E-state index in [1.807, 2.05) is 10.6 Å². The summed E-state index contributed by atoms with van der Waals surface area (Å²) >= 11 is 0. The second-order valence-corrected chi connectivity index (χ2v) is 8.46. The molecular weight excluding hydrogens is 468 g/mol. The summed E-state index contributed by atoms with van der Waals surface area (Å²) in [5.41, 5.74) is 6.41. The van der Waals surface area contributed by atoms with Gasteiger partial charge in [0.2, 0.25) is 11.6 Å². The SMILES string of the molecule is COc1c(OCC(O)CN2CCOCC2)ccc2c3n(c(=NC(=O)c4cnc(N)nc4)nc12)CCN3. The molecule has 36 heavy (non-hydrogen) atoms. The number of hydrogen-bond donors (Lipinski definition) is 3. The highest BCUT2D eigenvalue weighted by Crippen LogP contribution is 2.37. The van der Waals surface area contributed by atoms with Gasteiger partial charge in [-0.25, -0.2) is 15.0 Å². The van der Waals surface area contributed by atoms with E-state index in [0.717, 1.165) is 24.3 Å². The predicted octanol–water partition coefficient (Wildman–Crippen LogP) is -0.344. The zero-order valence-electron chi connectivity index (χ0n) is 19.9. The van der Waals surface area contributed by atoms with Gasteiger partial charge in [0.25, 0.3) is 5.91 Å².